The number of nitrogens with zero attached hydrogens (tertiary/aromatic N) is 3. The molecule has 2 atom stereocenters. The molecule has 1 aliphatic rings. The number of nitrogen functional groups attached to an aromatic ring is 1. The fourth-order valence-corrected chi connectivity index (χ4v) is 2.10. The molecule has 0 radical (unpaired) electrons. The Morgan fingerprint density at radius 3 is 3.05 bits per heavy atom. The molecule has 2 unspecified atom stereocenters. The van der Waals surface area contributed by atoms with Crippen molar-refractivity contribution in [1.29, 1.82) is 0 Å². The molecule has 4 N–H and O–H groups in total. The zero-order chi connectivity index (χ0) is 14.7. The van der Waals surface area contributed by atoms with Crippen molar-refractivity contribution in [2.75, 3.05) is 30.1 Å². The quantitative estimate of drug-likeness (QED) is 0.396. The maximum Gasteiger partial charge on any atom is 0.311 e. The molecule has 1 aromatic rings. The van der Waals surface area contributed by atoms with Crippen LogP contribution in [0.1, 0.15) is 6.92 Å². The topological polar surface area (TPSA) is 127 Å². The van der Waals surface area contributed by atoms with Gasteiger partial charge in [-0.1, -0.05) is 0 Å². The van der Waals surface area contributed by atoms with Crippen LogP contribution in [0.15, 0.2) is 12.1 Å². The van der Waals surface area contributed by atoms with Gasteiger partial charge in [0.15, 0.2) is 0 Å². The SMILES string of the molecule is CC1COC(CO)CN1c1nc(NN)ccc1[N+](=O)[O-]. The molecule has 0 aromatic carbocycles. The van der Waals surface area contributed by atoms with Crippen molar-refractivity contribution in [3.05, 3.63) is 22.2 Å². The number of aromatic nitrogens is 1. The molecule has 9 nitrogen and oxygen atoms in total. The molecule has 1 aromatic heterocycles. The first-order valence-electron chi connectivity index (χ1n) is 6.18. The van der Waals surface area contributed by atoms with Crippen LogP contribution >= 0.6 is 0 Å². The minimum absolute atomic E-state index is 0.0861. The first-order valence-corrected chi connectivity index (χ1v) is 6.18. The zero-order valence-corrected chi connectivity index (χ0v) is 11.0. The second kappa shape index (κ2) is 5.99. The lowest BCUT2D eigenvalue weighted by Gasteiger charge is -2.37. The molecule has 0 saturated carbocycles. The van der Waals surface area contributed by atoms with Gasteiger partial charge in [-0.2, -0.15) is 0 Å². The highest BCUT2D eigenvalue weighted by Gasteiger charge is 2.31. The number of hydrogen-bond donors (Lipinski definition) is 3. The van der Waals surface area contributed by atoms with Crippen LogP contribution in [0.5, 0.6) is 0 Å². The van der Waals surface area contributed by atoms with Gasteiger partial charge in [-0.25, -0.2) is 10.8 Å². The fraction of sp³-hybridized carbons (Fsp3) is 0.545. The largest absolute Gasteiger partial charge is 0.394 e. The molecule has 9 heteroatoms. The number of nitrogens with two attached hydrogens (primary N) is 1. The predicted octanol–water partition coefficient (Wildman–Crippen LogP) is -0.139. The van der Waals surface area contributed by atoms with E-state index in [1.807, 2.05) is 6.92 Å². The van der Waals surface area contributed by atoms with Gasteiger partial charge in [-0.3, -0.25) is 10.1 Å². The number of aliphatic hydroxyl groups excluding tert-OH is 1. The van der Waals surface area contributed by atoms with E-state index in [1.165, 1.54) is 12.1 Å². The molecule has 2 heterocycles. The van der Waals surface area contributed by atoms with E-state index in [4.69, 9.17) is 10.6 Å². The second-order valence-corrected chi connectivity index (χ2v) is 4.58. The summed E-state index contributed by atoms with van der Waals surface area (Å²) >= 11 is 0. The van der Waals surface area contributed by atoms with E-state index >= 15 is 0 Å². The van der Waals surface area contributed by atoms with Crippen LogP contribution in [-0.2, 0) is 4.74 Å². The highest BCUT2D eigenvalue weighted by Crippen LogP contribution is 2.30. The molecule has 0 spiro atoms. The number of ether oxygens (including phenoxy) is 1. The molecule has 1 fully saturated rings. The van der Waals surface area contributed by atoms with Crippen molar-refractivity contribution >= 4 is 17.3 Å². The summed E-state index contributed by atoms with van der Waals surface area (Å²) in [7, 11) is 0. The molecule has 110 valence electrons. The fourth-order valence-electron chi connectivity index (χ4n) is 2.10. The van der Waals surface area contributed by atoms with Gasteiger partial charge in [-0.05, 0) is 13.0 Å². The summed E-state index contributed by atoms with van der Waals surface area (Å²) in [6, 6.07) is 2.71. The van der Waals surface area contributed by atoms with Crippen LogP contribution in [0, 0.1) is 10.1 Å². The lowest BCUT2D eigenvalue weighted by molar-refractivity contribution is -0.384. The van der Waals surface area contributed by atoms with E-state index in [1.54, 1.807) is 4.90 Å². The van der Waals surface area contributed by atoms with E-state index in [0.29, 0.717) is 19.0 Å². The number of rotatable bonds is 4. The molecular formula is C11H17N5O4. The molecule has 0 aliphatic carbocycles. The van der Waals surface area contributed by atoms with Crippen LogP contribution in [0.2, 0.25) is 0 Å². The number of morpholine rings is 1. The summed E-state index contributed by atoms with van der Waals surface area (Å²) < 4.78 is 5.42. The third-order valence-electron chi connectivity index (χ3n) is 3.18. The molecule has 1 saturated heterocycles. The van der Waals surface area contributed by atoms with Crippen molar-refractivity contribution in [2.24, 2.45) is 5.84 Å². The third kappa shape index (κ3) is 2.79. The lowest BCUT2D eigenvalue weighted by atomic mass is 10.2. The zero-order valence-electron chi connectivity index (χ0n) is 11.0. The maximum atomic E-state index is 11.1. The van der Waals surface area contributed by atoms with Gasteiger partial charge in [-0.15, -0.1) is 0 Å². The predicted molar refractivity (Wildman–Crippen MR) is 72.3 cm³/mol. The van der Waals surface area contributed by atoms with Crippen molar-refractivity contribution in [3.8, 4) is 0 Å². The van der Waals surface area contributed by atoms with Crippen LogP contribution < -0.4 is 16.2 Å². The summed E-state index contributed by atoms with van der Waals surface area (Å²) in [4.78, 5) is 16.6. The summed E-state index contributed by atoms with van der Waals surface area (Å²) in [5, 5.41) is 20.3. The van der Waals surface area contributed by atoms with Crippen molar-refractivity contribution in [3.63, 3.8) is 0 Å². The first-order chi connectivity index (χ1) is 9.56. The molecule has 0 bridgehead atoms. The maximum absolute atomic E-state index is 11.1. The highest BCUT2D eigenvalue weighted by molar-refractivity contribution is 5.62. The van der Waals surface area contributed by atoms with E-state index in [0.717, 1.165) is 0 Å². The number of hydrogen-bond acceptors (Lipinski definition) is 8. The van der Waals surface area contributed by atoms with Gasteiger partial charge in [0.1, 0.15) is 5.82 Å². The number of aliphatic hydroxyl groups is 1. The standard InChI is InChI=1S/C11H17N5O4/c1-7-6-20-8(5-17)4-15(7)11-9(16(18)19)2-3-10(13-11)14-12/h2-3,7-8,17H,4-6,12H2,1H3,(H,13,14). The average molecular weight is 283 g/mol. The van der Waals surface area contributed by atoms with E-state index in [9.17, 15) is 15.2 Å². The normalized spacial score (nSPS) is 22.6. The van der Waals surface area contributed by atoms with Crippen LogP contribution in [0.25, 0.3) is 0 Å². The Morgan fingerprint density at radius 2 is 2.45 bits per heavy atom. The Morgan fingerprint density at radius 1 is 1.70 bits per heavy atom. The number of anilines is 2. The monoisotopic (exact) mass is 283 g/mol. The summed E-state index contributed by atoms with van der Waals surface area (Å²) in [5.41, 5.74) is 2.27. The van der Waals surface area contributed by atoms with Crippen molar-refractivity contribution in [2.45, 2.75) is 19.1 Å². The van der Waals surface area contributed by atoms with Gasteiger partial charge < -0.3 is 20.2 Å². The Balaban J connectivity index is 2.40. The van der Waals surface area contributed by atoms with Gasteiger partial charge in [0, 0.05) is 12.6 Å². The molecule has 1 aliphatic heterocycles. The highest BCUT2D eigenvalue weighted by atomic mass is 16.6. The van der Waals surface area contributed by atoms with Gasteiger partial charge in [0.05, 0.1) is 30.3 Å². The number of hydrazine groups is 1. The van der Waals surface area contributed by atoms with E-state index in [2.05, 4.69) is 10.4 Å². The number of pyridine rings is 1. The van der Waals surface area contributed by atoms with Gasteiger partial charge in [0.2, 0.25) is 5.82 Å². The number of nitrogens with one attached hydrogen (secondary N) is 1. The summed E-state index contributed by atoms with van der Waals surface area (Å²) in [6.45, 7) is 2.43. The third-order valence-corrected chi connectivity index (χ3v) is 3.18. The van der Waals surface area contributed by atoms with Crippen LogP contribution in [-0.4, -0.2) is 46.9 Å². The summed E-state index contributed by atoms with van der Waals surface area (Å²) in [6.07, 6.45) is -0.387. The number of nitro groups is 1. The van der Waals surface area contributed by atoms with Crippen LogP contribution in [0.3, 0.4) is 0 Å². The van der Waals surface area contributed by atoms with Gasteiger partial charge in [0.25, 0.3) is 0 Å². The Labute approximate surface area is 115 Å². The smallest absolute Gasteiger partial charge is 0.311 e. The molecule has 2 rings (SSSR count). The minimum atomic E-state index is -0.487. The molecule has 20 heavy (non-hydrogen) atoms. The minimum Gasteiger partial charge on any atom is -0.394 e. The lowest BCUT2D eigenvalue weighted by Crippen LogP contribution is -2.50. The Bertz CT molecular complexity index is 498. The average Bonchev–Trinajstić information content (AvgIpc) is 2.47. The molecular weight excluding hydrogens is 266 g/mol. The summed E-state index contributed by atoms with van der Waals surface area (Å²) in [5.74, 6) is 5.86. The first kappa shape index (κ1) is 14.4. The van der Waals surface area contributed by atoms with Gasteiger partial charge >= 0.3 is 5.69 Å². The van der Waals surface area contributed by atoms with E-state index < -0.39 is 4.92 Å². The Kier molecular flexibility index (Phi) is 4.32. The van der Waals surface area contributed by atoms with E-state index in [-0.39, 0.29) is 30.3 Å². The Hall–Kier alpha value is -1.97. The van der Waals surface area contributed by atoms with Crippen molar-refractivity contribution in [1.82, 2.24) is 4.98 Å². The van der Waals surface area contributed by atoms with Crippen LogP contribution in [0.4, 0.5) is 17.3 Å². The van der Waals surface area contributed by atoms with Crippen molar-refractivity contribution < 1.29 is 14.8 Å². The molecule has 0 amide bonds. The second-order valence-electron chi connectivity index (χ2n) is 4.58.